The Labute approximate surface area is 121 Å². The van der Waals surface area contributed by atoms with Crippen molar-refractivity contribution >= 4 is 23.6 Å². The van der Waals surface area contributed by atoms with Crippen LogP contribution in [-0.4, -0.2) is 29.7 Å². The summed E-state index contributed by atoms with van der Waals surface area (Å²) in [5, 5.41) is 8.53. The Kier molecular flexibility index (Phi) is 4.84. The Morgan fingerprint density at radius 3 is 2.70 bits per heavy atom. The highest BCUT2D eigenvalue weighted by molar-refractivity contribution is 8.00. The summed E-state index contributed by atoms with van der Waals surface area (Å²) in [4.78, 5) is 15.5. The molecule has 1 N–H and O–H groups in total. The number of pyridine rings is 1. The number of rotatable bonds is 6. The van der Waals surface area contributed by atoms with Crippen LogP contribution in [0.15, 0.2) is 53.7 Å². The van der Waals surface area contributed by atoms with Gasteiger partial charge in [0.15, 0.2) is 6.61 Å². The van der Waals surface area contributed by atoms with Gasteiger partial charge in [-0.2, -0.15) is 0 Å². The number of aliphatic carboxylic acids is 1. The number of carboxylic acids is 1. The molecule has 0 amide bonds. The number of nitrogens with zero attached hydrogens (tertiary/aromatic N) is 2. The number of carboxylic acid groups (broad SMARTS) is 1. The predicted octanol–water partition coefficient (Wildman–Crippen LogP) is 2.69. The van der Waals surface area contributed by atoms with E-state index in [4.69, 9.17) is 9.84 Å². The Hall–Kier alpha value is -2.21. The standard InChI is InChI=1S/C14H14N2O3S/c1-16(11-3-2-8-15-9-11)20-13-6-4-12(5-7-13)19-10-14(17)18/h2-9H,10H2,1H3,(H,17,18). The second-order valence-corrected chi connectivity index (χ2v) is 5.16. The first-order chi connectivity index (χ1) is 9.65. The topological polar surface area (TPSA) is 62.7 Å². The fourth-order valence-electron chi connectivity index (χ4n) is 1.49. The number of aromatic nitrogens is 1. The summed E-state index contributed by atoms with van der Waals surface area (Å²) in [7, 11) is 1.95. The number of anilines is 1. The van der Waals surface area contributed by atoms with Crippen LogP contribution >= 0.6 is 11.9 Å². The van der Waals surface area contributed by atoms with E-state index in [-0.39, 0.29) is 6.61 Å². The van der Waals surface area contributed by atoms with Crippen molar-refractivity contribution in [3.05, 3.63) is 48.8 Å². The highest BCUT2D eigenvalue weighted by Gasteiger charge is 2.04. The lowest BCUT2D eigenvalue weighted by Gasteiger charge is -2.17. The lowest BCUT2D eigenvalue weighted by Crippen LogP contribution is -2.09. The third-order valence-corrected chi connectivity index (χ3v) is 3.41. The first-order valence-corrected chi connectivity index (χ1v) is 6.69. The van der Waals surface area contributed by atoms with Crippen molar-refractivity contribution in [2.24, 2.45) is 0 Å². The summed E-state index contributed by atoms with van der Waals surface area (Å²) in [5.74, 6) is -0.444. The van der Waals surface area contributed by atoms with Gasteiger partial charge in [0, 0.05) is 18.1 Å². The Balaban J connectivity index is 1.95. The molecule has 0 aliphatic rings. The summed E-state index contributed by atoms with van der Waals surface area (Å²) in [6.45, 7) is -0.331. The maximum atomic E-state index is 10.4. The molecule has 1 heterocycles. The average Bonchev–Trinajstić information content (AvgIpc) is 2.47. The highest BCUT2D eigenvalue weighted by Crippen LogP contribution is 2.27. The van der Waals surface area contributed by atoms with Gasteiger partial charge < -0.3 is 14.1 Å². The van der Waals surface area contributed by atoms with E-state index in [0.717, 1.165) is 10.6 Å². The summed E-state index contributed by atoms with van der Waals surface area (Å²) in [6.07, 6.45) is 3.52. The van der Waals surface area contributed by atoms with Crippen LogP contribution in [0.3, 0.4) is 0 Å². The van der Waals surface area contributed by atoms with Gasteiger partial charge in [-0.25, -0.2) is 4.79 Å². The molecule has 104 valence electrons. The number of hydrogen-bond donors (Lipinski definition) is 1. The monoisotopic (exact) mass is 290 g/mol. The predicted molar refractivity (Wildman–Crippen MR) is 78.1 cm³/mol. The largest absolute Gasteiger partial charge is 0.482 e. The molecule has 0 unspecified atom stereocenters. The van der Waals surface area contributed by atoms with Crippen molar-refractivity contribution in [2.75, 3.05) is 18.0 Å². The number of carbonyl (C=O) groups is 1. The summed E-state index contributed by atoms with van der Waals surface area (Å²) in [5.41, 5.74) is 1.00. The molecule has 0 saturated carbocycles. The van der Waals surface area contributed by atoms with Crippen molar-refractivity contribution in [1.82, 2.24) is 4.98 Å². The van der Waals surface area contributed by atoms with Gasteiger partial charge in [0.05, 0.1) is 11.9 Å². The van der Waals surface area contributed by atoms with E-state index in [9.17, 15) is 4.79 Å². The zero-order valence-electron chi connectivity index (χ0n) is 10.9. The van der Waals surface area contributed by atoms with Crippen molar-refractivity contribution in [3.63, 3.8) is 0 Å². The normalized spacial score (nSPS) is 10.1. The minimum atomic E-state index is -0.986. The number of benzene rings is 1. The van der Waals surface area contributed by atoms with Crippen LogP contribution in [0.5, 0.6) is 5.75 Å². The number of hydrogen-bond acceptors (Lipinski definition) is 5. The lowest BCUT2D eigenvalue weighted by molar-refractivity contribution is -0.139. The molecule has 0 aliphatic carbocycles. The number of ether oxygens (including phenoxy) is 1. The second kappa shape index (κ2) is 6.81. The zero-order valence-corrected chi connectivity index (χ0v) is 11.7. The van der Waals surface area contributed by atoms with Crippen LogP contribution < -0.4 is 9.04 Å². The smallest absolute Gasteiger partial charge is 0.341 e. The minimum absolute atomic E-state index is 0.331. The quantitative estimate of drug-likeness (QED) is 0.825. The molecule has 6 heteroatoms. The molecule has 5 nitrogen and oxygen atoms in total. The summed E-state index contributed by atoms with van der Waals surface area (Å²) in [6, 6.07) is 11.1. The molecule has 2 rings (SSSR count). The van der Waals surface area contributed by atoms with Gasteiger partial charge in [-0.15, -0.1) is 0 Å². The molecule has 2 aromatic rings. The fourth-order valence-corrected chi connectivity index (χ4v) is 2.28. The van der Waals surface area contributed by atoms with Crippen LogP contribution in [0.1, 0.15) is 0 Å². The van der Waals surface area contributed by atoms with E-state index in [2.05, 4.69) is 4.98 Å². The molecule has 0 bridgehead atoms. The second-order valence-electron chi connectivity index (χ2n) is 3.95. The van der Waals surface area contributed by atoms with E-state index in [1.165, 1.54) is 0 Å². The van der Waals surface area contributed by atoms with E-state index in [1.54, 1.807) is 36.5 Å². The third kappa shape index (κ3) is 4.17. The van der Waals surface area contributed by atoms with Gasteiger partial charge in [0.2, 0.25) is 0 Å². The molecule has 0 spiro atoms. The van der Waals surface area contributed by atoms with Gasteiger partial charge >= 0.3 is 5.97 Å². The van der Waals surface area contributed by atoms with E-state index in [0.29, 0.717) is 5.75 Å². The van der Waals surface area contributed by atoms with Crippen molar-refractivity contribution in [1.29, 1.82) is 0 Å². The molecule has 0 atom stereocenters. The van der Waals surface area contributed by atoms with Gasteiger partial charge in [-0.1, -0.05) is 0 Å². The first kappa shape index (κ1) is 14.2. The molecule has 1 aromatic carbocycles. The molecular weight excluding hydrogens is 276 g/mol. The van der Waals surface area contributed by atoms with Crippen molar-refractivity contribution < 1.29 is 14.6 Å². The SMILES string of the molecule is CN(Sc1ccc(OCC(=O)O)cc1)c1cccnc1. The molecule has 0 saturated heterocycles. The Morgan fingerprint density at radius 1 is 1.35 bits per heavy atom. The Morgan fingerprint density at radius 2 is 2.10 bits per heavy atom. The first-order valence-electron chi connectivity index (χ1n) is 5.91. The van der Waals surface area contributed by atoms with Crippen LogP contribution in [0.2, 0.25) is 0 Å². The van der Waals surface area contributed by atoms with Crippen LogP contribution in [0, 0.1) is 0 Å². The molecule has 0 aliphatic heterocycles. The van der Waals surface area contributed by atoms with Crippen molar-refractivity contribution in [3.8, 4) is 5.75 Å². The molecule has 0 fully saturated rings. The maximum absolute atomic E-state index is 10.4. The molecule has 20 heavy (non-hydrogen) atoms. The maximum Gasteiger partial charge on any atom is 0.341 e. The molecule has 0 radical (unpaired) electrons. The molecular formula is C14H14N2O3S. The van der Waals surface area contributed by atoms with E-state index < -0.39 is 5.97 Å². The zero-order chi connectivity index (χ0) is 14.4. The summed E-state index contributed by atoms with van der Waals surface area (Å²) < 4.78 is 7.08. The Bertz CT molecular complexity index is 560. The highest BCUT2D eigenvalue weighted by atomic mass is 32.2. The van der Waals surface area contributed by atoms with Gasteiger partial charge in [0.25, 0.3) is 0 Å². The van der Waals surface area contributed by atoms with Gasteiger partial charge in [-0.05, 0) is 48.3 Å². The van der Waals surface area contributed by atoms with Gasteiger partial charge in [-0.3, -0.25) is 4.98 Å². The van der Waals surface area contributed by atoms with Crippen LogP contribution in [0.25, 0.3) is 0 Å². The molecule has 1 aromatic heterocycles. The fraction of sp³-hybridized carbons (Fsp3) is 0.143. The lowest BCUT2D eigenvalue weighted by atomic mass is 10.3. The van der Waals surface area contributed by atoms with Crippen LogP contribution in [-0.2, 0) is 4.79 Å². The van der Waals surface area contributed by atoms with E-state index >= 15 is 0 Å². The van der Waals surface area contributed by atoms with Crippen LogP contribution in [0.4, 0.5) is 5.69 Å². The third-order valence-electron chi connectivity index (χ3n) is 2.44. The average molecular weight is 290 g/mol. The summed E-state index contributed by atoms with van der Waals surface area (Å²) >= 11 is 1.55. The van der Waals surface area contributed by atoms with Crippen molar-refractivity contribution in [2.45, 2.75) is 4.90 Å². The van der Waals surface area contributed by atoms with Gasteiger partial charge in [0.1, 0.15) is 5.75 Å². The minimum Gasteiger partial charge on any atom is -0.482 e. The van der Waals surface area contributed by atoms with E-state index in [1.807, 2.05) is 35.6 Å².